The molecule has 1 saturated heterocycles. The third-order valence-electron chi connectivity index (χ3n) is 5.04. The number of nitrogens with one attached hydrogen (secondary N) is 1. The maximum absolute atomic E-state index is 12.7. The van der Waals surface area contributed by atoms with Crippen LogP contribution in [0.3, 0.4) is 0 Å². The Hall–Kier alpha value is -4.09. The first-order valence-electron chi connectivity index (χ1n) is 10.4. The Bertz CT molecular complexity index is 1090. The minimum atomic E-state index is -4.76. The van der Waals surface area contributed by atoms with Gasteiger partial charge in [-0.05, 0) is 35.4 Å². The van der Waals surface area contributed by atoms with Gasteiger partial charge >= 0.3 is 12.3 Å². The summed E-state index contributed by atoms with van der Waals surface area (Å²) in [6.45, 7) is -0.323. The number of ether oxygens (including phenoxy) is 2. The summed E-state index contributed by atoms with van der Waals surface area (Å²) in [5.74, 6) is -4.90. The number of alkyl halides is 3. The lowest BCUT2D eigenvalue weighted by molar-refractivity contribution is -0.274. The molecule has 12 heteroatoms. The molecule has 9 nitrogen and oxygen atoms in total. The van der Waals surface area contributed by atoms with Crippen molar-refractivity contribution < 1.29 is 46.9 Å². The summed E-state index contributed by atoms with van der Waals surface area (Å²) < 4.78 is 46.1. The fourth-order valence-electron chi connectivity index (χ4n) is 3.37. The molecule has 1 heterocycles. The van der Waals surface area contributed by atoms with Gasteiger partial charge in [-0.25, -0.2) is 0 Å². The Morgan fingerprint density at radius 1 is 1.00 bits per heavy atom. The molecule has 1 atom stereocenters. The number of amides is 2. The third kappa shape index (κ3) is 7.45. The van der Waals surface area contributed by atoms with Crippen molar-refractivity contribution in [2.75, 3.05) is 13.1 Å². The van der Waals surface area contributed by atoms with Crippen molar-refractivity contribution in [3.05, 3.63) is 59.7 Å². The Morgan fingerprint density at radius 3 is 2.20 bits per heavy atom. The van der Waals surface area contributed by atoms with E-state index in [2.05, 4.69) is 10.1 Å². The molecule has 0 radical (unpaired) electrons. The molecule has 0 spiro atoms. The van der Waals surface area contributed by atoms with Gasteiger partial charge in [0.1, 0.15) is 24.7 Å². The summed E-state index contributed by atoms with van der Waals surface area (Å²) in [4.78, 5) is 48.8. The van der Waals surface area contributed by atoms with Crippen molar-refractivity contribution in [2.24, 2.45) is 5.92 Å². The molecular formula is C23H21F3N2O7. The van der Waals surface area contributed by atoms with Crippen LogP contribution in [0.2, 0.25) is 0 Å². The van der Waals surface area contributed by atoms with E-state index in [-0.39, 0.29) is 31.9 Å². The molecule has 3 rings (SSSR count). The van der Waals surface area contributed by atoms with Crippen LogP contribution in [-0.2, 0) is 32.3 Å². The molecule has 2 amide bonds. The fraction of sp³-hybridized carbons (Fsp3) is 0.304. The van der Waals surface area contributed by atoms with E-state index in [1.54, 1.807) is 24.3 Å². The normalized spacial score (nSPS) is 16.1. The number of Topliss-reactive ketones (excluding diaryl/α,β-unsaturated/α-hetero) is 1. The van der Waals surface area contributed by atoms with E-state index in [0.717, 1.165) is 0 Å². The van der Waals surface area contributed by atoms with Crippen LogP contribution in [0.4, 0.5) is 13.2 Å². The number of carboxylic acids is 1. The summed E-state index contributed by atoms with van der Waals surface area (Å²) >= 11 is 0. The Balaban J connectivity index is 1.54. The maximum Gasteiger partial charge on any atom is 0.573 e. The molecule has 2 N–H and O–H groups in total. The number of piperidine rings is 1. The number of hydrogen-bond donors (Lipinski definition) is 2. The van der Waals surface area contributed by atoms with Crippen LogP contribution in [0.1, 0.15) is 17.5 Å². The number of benzene rings is 2. The van der Waals surface area contributed by atoms with Crippen molar-refractivity contribution in [1.29, 1.82) is 0 Å². The first kappa shape index (κ1) is 25.5. The predicted molar refractivity (Wildman–Crippen MR) is 113 cm³/mol. The second-order valence-electron chi connectivity index (χ2n) is 7.65. The Labute approximate surface area is 197 Å². The molecule has 1 aliphatic rings. The first-order valence-corrected chi connectivity index (χ1v) is 10.4. The molecule has 186 valence electrons. The van der Waals surface area contributed by atoms with E-state index in [9.17, 15) is 32.3 Å². The van der Waals surface area contributed by atoms with Crippen LogP contribution >= 0.6 is 0 Å². The lowest BCUT2D eigenvalue weighted by atomic mass is 9.94. The molecule has 35 heavy (non-hydrogen) atoms. The van der Waals surface area contributed by atoms with E-state index in [0.29, 0.717) is 16.9 Å². The predicted octanol–water partition coefficient (Wildman–Crippen LogP) is 2.28. The second-order valence-corrected chi connectivity index (χ2v) is 7.65. The van der Waals surface area contributed by atoms with Gasteiger partial charge in [-0.15, -0.1) is 13.2 Å². The van der Waals surface area contributed by atoms with Crippen LogP contribution in [-0.4, -0.2) is 53.0 Å². The zero-order valence-corrected chi connectivity index (χ0v) is 18.2. The summed E-state index contributed by atoms with van der Waals surface area (Å²) in [7, 11) is 0. The third-order valence-corrected chi connectivity index (χ3v) is 5.04. The molecule has 0 saturated carbocycles. The second kappa shape index (κ2) is 10.9. The van der Waals surface area contributed by atoms with Crippen molar-refractivity contribution >= 4 is 23.6 Å². The average molecular weight is 494 g/mol. The van der Waals surface area contributed by atoms with Gasteiger partial charge in [-0.3, -0.25) is 19.2 Å². The number of ketones is 1. The largest absolute Gasteiger partial charge is 0.573 e. The van der Waals surface area contributed by atoms with Crippen LogP contribution in [0.5, 0.6) is 11.5 Å². The zero-order chi connectivity index (χ0) is 25.6. The molecule has 0 bridgehead atoms. The highest BCUT2D eigenvalue weighted by Crippen LogP contribution is 2.24. The monoisotopic (exact) mass is 494 g/mol. The number of nitrogens with zero attached hydrogens (tertiary/aromatic N) is 1. The van der Waals surface area contributed by atoms with Crippen LogP contribution in [0.15, 0.2) is 48.5 Å². The summed E-state index contributed by atoms with van der Waals surface area (Å²) in [5.41, 5.74) is 1.33. The maximum atomic E-state index is 12.7. The number of aliphatic carboxylic acids is 1. The fourth-order valence-corrected chi connectivity index (χ4v) is 3.37. The van der Waals surface area contributed by atoms with Crippen LogP contribution < -0.4 is 14.8 Å². The molecule has 2 aromatic carbocycles. The number of carbonyl (C=O) groups excluding carboxylic acids is 3. The topological polar surface area (TPSA) is 122 Å². The number of hydrogen-bond acceptors (Lipinski definition) is 6. The minimum absolute atomic E-state index is 0.0229. The van der Waals surface area contributed by atoms with Gasteiger partial charge in [0, 0.05) is 19.5 Å². The van der Waals surface area contributed by atoms with Crippen molar-refractivity contribution in [2.45, 2.75) is 25.9 Å². The number of rotatable bonds is 9. The van der Waals surface area contributed by atoms with Gasteiger partial charge in [-0.2, -0.15) is 0 Å². The van der Waals surface area contributed by atoms with Crippen molar-refractivity contribution in [3.63, 3.8) is 0 Å². The van der Waals surface area contributed by atoms with E-state index in [1.807, 2.05) is 0 Å². The molecule has 2 aromatic rings. The molecule has 0 aliphatic carbocycles. The summed E-state index contributed by atoms with van der Waals surface area (Å²) in [5, 5.41) is 10.7. The van der Waals surface area contributed by atoms with Gasteiger partial charge in [0.2, 0.25) is 11.8 Å². The summed E-state index contributed by atoms with van der Waals surface area (Å²) in [6, 6.07) is 11.9. The van der Waals surface area contributed by atoms with Crippen LogP contribution in [0, 0.1) is 5.92 Å². The van der Waals surface area contributed by atoms with Gasteiger partial charge < -0.3 is 24.8 Å². The Morgan fingerprint density at radius 2 is 1.60 bits per heavy atom. The average Bonchev–Trinajstić information content (AvgIpc) is 2.79. The van der Waals surface area contributed by atoms with Crippen molar-refractivity contribution in [1.82, 2.24) is 10.2 Å². The number of carboxylic acid groups (broad SMARTS) is 1. The van der Waals surface area contributed by atoms with Gasteiger partial charge in [0.15, 0.2) is 11.7 Å². The first-order chi connectivity index (χ1) is 16.5. The van der Waals surface area contributed by atoms with Gasteiger partial charge in [0.05, 0.1) is 0 Å². The number of likely N-dealkylation sites (tertiary alicyclic amines) is 1. The smallest absolute Gasteiger partial charge is 0.489 e. The number of carbonyl (C=O) groups is 4. The van der Waals surface area contributed by atoms with Gasteiger partial charge in [-0.1, -0.05) is 24.3 Å². The molecule has 1 aliphatic heterocycles. The lowest BCUT2D eigenvalue weighted by Crippen LogP contribution is -2.52. The zero-order valence-electron chi connectivity index (χ0n) is 18.2. The minimum Gasteiger partial charge on any atom is -0.489 e. The van der Waals surface area contributed by atoms with E-state index in [1.165, 1.54) is 29.2 Å². The van der Waals surface area contributed by atoms with E-state index >= 15 is 0 Å². The SMILES string of the molecule is O=C(O)CNC(=O)C1C(=O)CCN(Cc2ccc(OCc3ccc(OC(F)(F)F)cc3)cc2)C1=O. The summed E-state index contributed by atoms with van der Waals surface area (Å²) in [6.07, 6.45) is -4.79. The molecule has 0 aromatic heterocycles. The highest BCUT2D eigenvalue weighted by molar-refractivity contribution is 6.19. The van der Waals surface area contributed by atoms with E-state index in [4.69, 9.17) is 9.84 Å². The molecular weight excluding hydrogens is 473 g/mol. The number of halogens is 3. The molecule has 1 unspecified atom stereocenters. The van der Waals surface area contributed by atoms with Gasteiger partial charge in [0.25, 0.3) is 0 Å². The lowest BCUT2D eigenvalue weighted by Gasteiger charge is -2.30. The van der Waals surface area contributed by atoms with Crippen LogP contribution in [0.25, 0.3) is 0 Å². The van der Waals surface area contributed by atoms with E-state index < -0.39 is 42.4 Å². The quantitative estimate of drug-likeness (QED) is 0.513. The molecule has 1 fully saturated rings. The van der Waals surface area contributed by atoms with Crippen molar-refractivity contribution in [3.8, 4) is 11.5 Å². The highest BCUT2D eigenvalue weighted by Gasteiger charge is 2.40. The Kier molecular flexibility index (Phi) is 7.94. The standard InChI is InChI=1S/C23H21F3N2O7/c24-23(25,26)35-17-7-3-15(4-8-17)13-34-16-5-1-14(2-6-16)12-28-10-9-18(29)20(22(28)33)21(32)27-11-19(30)31/h1-8,20H,9-13H2,(H,27,32)(H,30,31). The highest BCUT2D eigenvalue weighted by atomic mass is 19.4.